The summed E-state index contributed by atoms with van der Waals surface area (Å²) in [6.07, 6.45) is 2.47. The SMILES string of the molecule is Cc1cc(N)cc(S(=O)(=O)N(C)CCOCC2CC2)c1. The largest absolute Gasteiger partial charge is 0.399 e. The van der Waals surface area contributed by atoms with Crippen molar-refractivity contribution in [3.8, 4) is 0 Å². The molecule has 112 valence electrons. The van der Waals surface area contributed by atoms with Crippen molar-refractivity contribution in [2.24, 2.45) is 5.92 Å². The fourth-order valence-corrected chi connectivity index (χ4v) is 3.25. The molecule has 1 aromatic carbocycles. The van der Waals surface area contributed by atoms with Gasteiger partial charge in [0.25, 0.3) is 0 Å². The molecule has 0 aromatic heterocycles. The van der Waals surface area contributed by atoms with E-state index < -0.39 is 10.0 Å². The van der Waals surface area contributed by atoms with Crippen LogP contribution in [0, 0.1) is 12.8 Å². The lowest BCUT2D eigenvalue weighted by atomic mass is 10.2. The highest BCUT2D eigenvalue weighted by Crippen LogP contribution is 2.28. The zero-order valence-electron chi connectivity index (χ0n) is 12.0. The standard InChI is InChI=1S/C14H22N2O3S/c1-11-7-13(15)9-14(8-11)20(17,18)16(2)5-6-19-10-12-3-4-12/h7-9,12H,3-6,10,15H2,1-2H3. The Bertz CT molecular complexity index is 548. The van der Waals surface area contributed by atoms with Crippen LogP contribution in [-0.2, 0) is 14.8 Å². The molecule has 2 N–H and O–H groups in total. The predicted molar refractivity (Wildman–Crippen MR) is 79.0 cm³/mol. The predicted octanol–water partition coefficient (Wildman–Crippen LogP) is 1.62. The Morgan fingerprint density at radius 3 is 2.65 bits per heavy atom. The van der Waals surface area contributed by atoms with Crippen molar-refractivity contribution in [3.63, 3.8) is 0 Å². The first-order valence-electron chi connectivity index (χ1n) is 6.81. The van der Waals surface area contributed by atoms with Gasteiger partial charge in [-0.3, -0.25) is 0 Å². The number of hydrogen-bond acceptors (Lipinski definition) is 4. The van der Waals surface area contributed by atoms with Gasteiger partial charge >= 0.3 is 0 Å². The van der Waals surface area contributed by atoms with Gasteiger partial charge in [0, 0.05) is 25.9 Å². The summed E-state index contributed by atoms with van der Waals surface area (Å²) in [6.45, 7) is 3.34. The molecule has 0 saturated heterocycles. The molecule has 20 heavy (non-hydrogen) atoms. The molecule has 1 saturated carbocycles. The average Bonchev–Trinajstić information content (AvgIpc) is 3.17. The lowest BCUT2D eigenvalue weighted by Crippen LogP contribution is -2.30. The number of rotatable bonds is 7. The molecule has 0 spiro atoms. The molecule has 5 nitrogen and oxygen atoms in total. The maximum atomic E-state index is 12.4. The van der Waals surface area contributed by atoms with Gasteiger partial charge in [-0.2, -0.15) is 4.31 Å². The minimum Gasteiger partial charge on any atom is -0.399 e. The van der Waals surface area contributed by atoms with Crippen molar-refractivity contribution in [2.45, 2.75) is 24.7 Å². The first kappa shape index (κ1) is 15.3. The molecule has 0 radical (unpaired) electrons. The molecule has 0 unspecified atom stereocenters. The minimum atomic E-state index is -3.50. The number of sulfonamides is 1. The van der Waals surface area contributed by atoms with Gasteiger partial charge < -0.3 is 10.5 Å². The normalized spacial score (nSPS) is 15.8. The second kappa shape index (κ2) is 6.11. The highest BCUT2D eigenvalue weighted by atomic mass is 32.2. The molecule has 0 aliphatic heterocycles. The zero-order valence-corrected chi connectivity index (χ0v) is 12.8. The number of ether oxygens (including phenoxy) is 1. The molecule has 0 bridgehead atoms. The van der Waals surface area contributed by atoms with Crippen LogP contribution < -0.4 is 5.73 Å². The summed E-state index contributed by atoms with van der Waals surface area (Å²) < 4.78 is 31.6. The quantitative estimate of drug-likeness (QED) is 0.613. The third-order valence-corrected chi connectivity index (χ3v) is 5.22. The highest BCUT2D eigenvalue weighted by molar-refractivity contribution is 7.89. The maximum Gasteiger partial charge on any atom is 0.242 e. The van der Waals surface area contributed by atoms with Gasteiger partial charge in [0.1, 0.15) is 0 Å². The number of nitrogens with two attached hydrogens (primary N) is 1. The highest BCUT2D eigenvalue weighted by Gasteiger charge is 2.23. The van der Waals surface area contributed by atoms with Gasteiger partial charge in [0.15, 0.2) is 0 Å². The fourth-order valence-electron chi connectivity index (χ4n) is 1.95. The molecule has 6 heteroatoms. The number of anilines is 1. The van der Waals surface area contributed by atoms with E-state index >= 15 is 0 Å². The third-order valence-electron chi connectivity index (χ3n) is 3.38. The summed E-state index contributed by atoms with van der Waals surface area (Å²) in [7, 11) is -1.93. The van der Waals surface area contributed by atoms with E-state index in [0.717, 1.165) is 12.2 Å². The summed E-state index contributed by atoms with van der Waals surface area (Å²) >= 11 is 0. The smallest absolute Gasteiger partial charge is 0.242 e. The van der Waals surface area contributed by atoms with E-state index in [2.05, 4.69) is 0 Å². The topological polar surface area (TPSA) is 72.6 Å². The summed E-state index contributed by atoms with van der Waals surface area (Å²) in [6, 6.07) is 4.87. The van der Waals surface area contributed by atoms with Gasteiger partial charge in [-0.15, -0.1) is 0 Å². The zero-order chi connectivity index (χ0) is 14.8. The molecule has 1 fully saturated rings. The van der Waals surface area contributed by atoms with Crippen LogP contribution >= 0.6 is 0 Å². The van der Waals surface area contributed by atoms with Crippen LogP contribution in [0.5, 0.6) is 0 Å². The Morgan fingerprint density at radius 2 is 2.05 bits per heavy atom. The van der Waals surface area contributed by atoms with Crippen LogP contribution in [0.25, 0.3) is 0 Å². The van der Waals surface area contributed by atoms with E-state index in [4.69, 9.17) is 10.5 Å². The average molecular weight is 298 g/mol. The van der Waals surface area contributed by atoms with Gasteiger partial charge in [0.2, 0.25) is 10.0 Å². The number of nitrogen functional groups attached to an aromatic ring is 1. The fraction of sp³-hybridized carbons (Fsp3) is 0.571. The molecule has 2 rings (SSSR count). The van der Waals surface area contributed by atoms with Crippen molar-refractivity contribution in [3.05, 3.63) is 23.8 Å². The van der Waals surface area contributed by atoms with Crippen molar-refractivity contribution in [1.82, 2.24) is 4.31 Å². The molecular formula is C14H22N2O3S. The molecule has 1 aliphatic carbocycles. The van der Waals surface area contributed by atoms with Gasteiger partial charge in [0.05, 0.1) is 11.5 Å². The second-order valence-electron chi connectivity index (χ2n) is 5.42. The van der Waals surface area contributed by atoms with Crippen molar-refractivity contribution in [2.75, 3.05) is 32.5 Å². The van der Waals surface area contributed by atoms with Crippen LogP contribution in [-0.4, -0.2) is 39.5 Å². The summed E-state index contributed by atoms with van der Waals surface area (Å²) in [5, 5.41) is 0. The molecular weight excluding hydrogens is 276 g/mol. The van der Waals surface area contributed by atoms with Gasteiger partial charge in [-0.25, -0.2) is 8.42 Å². The molecule has 1 aromatic rings. The van der Waals surface area contributed by atoms with Crippen LogP contribution in [0.3, 0.4) is 0 Å². The number of nitrogens with zero attached hydrogens (tertiary/aromatic N) is 1. The van der Waals surface area contributed by atoms with E-state index in [1.54, 1.807) is 19.2 Å². The van der Waals surface area contributed by atoms with Crippen LogP contribution in [0.15, 0.2) is 23.1 Å². The molecule has 0 heterocycles. The van der Waals surface area contributed by atoms with E-state index in [0.29, 0.717) is 24.8 Å². The molecule has 0 amide bonds. The Labute approximate surface area is 120 Å². The van der Waals surface area contributed by atoms with Crippen LogP contribution in [0.1, 0.15) is 18.4 Å². The Morgan fingerprint density at radius 1 is 1.35 bits per heavy atom. The van der Waals surface area contributed by atoms with Crippen molar-refractivity contribution < 1.29 is 13.2 Å². The first-order valence-corrected chi connectivity index (χ1v) is 8.25. The monoisotopic (exact) mass is 298 g/mol. The lowest BCUT2D eigenvalue weighted by molar-refractivity contribution is 0.117. The van der Waals surface area contributed by atoms with E-state index in [9.17, 15) is 8.42 Å². The summed E-state index contributed by atoms with van der Waals surface area (Å²) in [5.74, 6) is 0.688. The first-order chi connectivity index (χ1) is 9.39. The van der Waals surface area contributed by atoms with E-state index in [1.807, 2.05) is 6.92 Å². The number of likely N-dealkylation sites (N-methyl/N-ethyl adjacent to an activating group) is 1. The van der Waals surface area contributed by atoms with Gasteiger partial charge in [-0.1, -0.05) is 0 Å². The van der Waals surface area contributed by atoms with Crippen molar-refractivity contribution in [1.29, 1.82) is 0 Å². The summed E-state index contributed by atoms with van der Waals surface area (Å²) in [4.78, 5) is 0.236. The Kier molecular flexibility index (Phi) is 4.67. The Balaban J connectivity index is 1.96. The number of benzene rings is 1. The van der Waals surface area contributed by atoms with E-state index in [1.165, 1.54) is 23.2 Å². The molecule has 1 aliphatic rings. The van der Waals surface area contributed by atoms with E-state index in [-0.39, 0.29) is 4.90 Å². The lowest BCUT2D eigenvalue weighted by Gasteiger charge is -2.18. The van der Waals surface area contributed by atoms with Gasteiger partial charge in [-0.05, 0) is 49.4 Å². The van der Waals surface area contributed by atoms with Crippen LogP contribution in [0.2, 0.25) is 0 Å². The number of aryl methyl sites for hydroxylation is 1. The minimum absolute atomic E-state index is 0.236. The second-order valence-corrected chi connectivity index (χ2v) is 7.47. The summed E-state index contributed by atoms with van der Waals surface area (Å²) in [5.41, 5.74) is 7.01. The maximum absolute atomic E-state index is 12.4. The Hall–Kier alpha value is -1.11. The van der Waals surface area contributed by atoms with Crippen LogP contribution in [0.4, 0.5) is 5.69 Å². The van der Waals surface area contributed by atoms with Crippen molar-refractivity contribution >= 4 is 15.7 Å². The number of hydrogen-bond donors (Lipinski definition) is 1. The molecule has 0 atom stereocenters. The third kappa shape index (κ3) is 3.94.